The lowest BCUT2D eigenvalue weighted by atomic mass is 10.1. The molecule has 0 saturated heterocycles. The van der Waals surface area contributed by atoms with E-state index in [1.807, 2.05) is 0 Å². The summed E-state index contributed by atoms with van der Waals surface area (Å²) in [5.74, 6) is 1.31. The Hall–Kier alpha value is -1.72. The Morgan fingerprint density at radius 3 is 2.48 bits per heavy atom. The monoisotopic (exact) mass is 288 g/mol. The van der Waals surface area contributed by atoms with Gasteiger partial charge in [0, 0.05) is 19.5 Å². The largest absolute Gasteiger partial charge is 0.340 e. The van der Waals surface area contributed by atoms with Crippen LogP contribution in [0.5, 0.6) is 0 Å². The number of benzene rings is 1. The van der Waals surface area contributed by atoms with Crippen molar-refractivity contribution in [2.24, 2.45) is 0 Å². The molecule has 5 heteroatoms. The summed E-state index contributed by atoms with van der Waals surface area (Å²) < 4.78 is 4.98. The summed E-state index contributed by atoms with van der Waals surface area (Å²) in [6, 6.07) is 11.0. The molecule has 114 valence electrons. The minimum atomic E-state index is 0.356. The van der Waals surface area contributed by atoms with Crippen molar-refractivity contribution >= 4 is 0 Å². The number of nitrogens with one attached hydrogen (secondary N) is 1. The van der Waals surface area contributed by atoms with E-state index in [1.165, 1.54) is 5.56 Å². The maximum Gasteiger partial charge on any atom is 0.223 e. The van der Waals surface area contributed by atoms with Gasteiger partial charge in [-0.15, -0.1) is 0 Å². The van der Waals surface area contributed by atoms with Gasteiger partial charge >= 0.3 is 0 Å². The van der Waals surface area contributed by atoms with Crippen molar-refractivity contribution in [3.63, 3.8) is 0 Å². The van der Waals surface area contributed by atoms with Crippen molar-refractivity contribution in [2.45, 2.75) is 33.4 Å². The first kappa shape index (κ1) is 15.7. The van der Waals surface area contributed by atoms with Gasteiger partial charge in [-0.3, -0.25) is 4.90 Å². The van der Waals surface area contributed by atoms with Crippen LogP contribution in [0.3, 0.4) is 0 Å². The summed E-state index contributed by atoms with van der Waals surface area (Å²) in [4.78, 5) is 6.66. The average molecular weight is 288 g/mol. The van der Waals surface area contributed by atoms with E-state index in [2.05, 4.69) is 64.5 Å². The summed E-state index contributed by atoms with van der Waals surface area (Å²) in [5, 5.41) is 7.34. The summed E-state index contributed by atoms with van der Waals surface area (Å²) in [5.41, 5.74) is 1.33. The first-order valence-corrected chi connectivity index (χ1v) is 7.53. The number of aryl methyl sites for hydroxylation is 1. The standard InChI is InChI=1S/C16H24N4O/c1-4-20(5-2)15(14-9-7-6-8-10-14)11-17-12-16-18-13(3)21-19-16/h6-10,15,17H,4-5,11-12H2,1-3H3. The Morgan fingerprint density at radius 1 is 1.19 bits per heavy atom. The van der Waals surface area contributed by atoms with Crippen molar-refractivity contribution in [1.29, 1.82) is 0 Å². The molecule has 0 aliphatic rings. The summed E-state index contributed by atoms with van der Waals surface area (Å²) in [6.07, 6.45) is 0. The van der Waals surface area contributed by atoms with Crippen LogP contribution in [0.25, 0.3) is 0 Å². The van der Waals surface area contributed by atoms with Gasteiger partial charge in [0.05, 0.1) is 6.54 Å². The zero-order chi connectivity index (χ0) is 15.1. The van der Waals surface area contributed by atoms with E-state index in [4.69, 9.17) is 4.52 Å². The van der Waals surface area contributed by atoms with Gasteiger partial charge in [0.15, 0.2) is 5.82 Å². The average Bonchev–Trinajstić information content (AvgIpc) is 2.93. The fourth-order valence-electron chi connectivity index (χ4n) is 2.53. The molecular formula is C16H24N4O. The lowest BCUT2D eigenvalue weighted by Crippen LogP contribution is -2.35. The molecule has 0 amide bonds. The smallest absolute Gasteiger partial charge is 0.223 e. The van der Waals surface area contributed by atoms with Crippen molar-refractivity contribution in [3.05, 3.63) is 47.6 Å². The van der Waals surface area contributed by atoms with Gasteiger partial charge in [-0.2, -0.15) is 4.98 Å². The Morgan fingerprint density at radius 2 is 1.90 bits per heavy atom. The quantitative estimate of drug-likeness (QED) is 0.809. The van der Waals surface area contributed by atoms with E-state index in [0.717, 1.165) is 19.6 Å². The molecule has 1 aromatic carbocycles. The maximum absolute atomic E-state index is 4.98. The molecule has 0 fully saturated rings. The van der Waals surface area contributed by atoms with Crippen LogP contribution < -0.4 is 5.32 Å². The van der Waals surface area contributed by atoms with Crippen molar-refractivity contribution in [3.8, 4) is 0 Å². The first-order valence-electron chi connectivity index (χ1n) is 7.53. The maximum atomic E-state index is 4.98. The summed E-state index contributed by atoms with van der Waals surface area (Å²) in [7, 11) is 0. The molecule has 0 aliphatic carbocycles. The highest BCUT2D eigenvalue weighted by molar-refractivity contribution is 5.19. The van der Waals surface area contributed by atoms with Crippen molar-refractivity contribution in [1.82, 2.24) is 20.4 Å². The van der Waals surface area contributed by atoms with Gasteiger partial charge in [0.1, 0.15) is 0 Å². The van der Waals surface area contributed by atoms with Crippen LogP contribution >= 0.6 is 0 Å². The van der Waals surface area contributed by atoms with Gasteiger partial charge in [-0.1, -0.05) is 49.3 Å². The van der Waals surface area contributed by atoms with Gasteiger partial charge in [0.25, 0.3) is 0 Å². The lowest BCUT2D eigenvalue weighted by Gasteiger charge is -2.30. The molecule has 1 aromatic heterocycles. The van der Waals surface area contributed by atoms with Crippen LogP contribution in [0.4, 0.5) is 0 Å². The Kier molecular flexibility index (Phi) is 5.90. The van der Waals surface area contributed by atoms with E-state index in [9.17, 15) is 0 Å². The van der Waals surface area contributed by atoms with Gasteiger partial charge < -0.3 is 9.84 Å². The molecule has 0 aliphatic heterocycles. The molecular weight excluding hydrogens is 264 g/mol. The zero-order valence-electron chi connectivity index (χ0n) is 13.0. The van der Waals surface area contributed by atoms with Crippen molar-refractivity contribution in [2.75, 3.05) is 19.6 Å². The third kappa shape index (κ3) is 4.37. The van der Waals surface area contributed by atoms with Crippen LogP contribution in [-0.4, -0.2) is 34.7 Å². The number of nitrogens with zero attached hydrogens (tertiary/aromatic N) is 3. The highest BCUT2D eigenvalue weighted by atomic mass is 16.5. The molecule has 0 radical (unpaired) electrons. The highest BCUT2D eigenvalue weighted by Gasteiger charge is 2.17. The van der Waals surface area contributed by atoms with Gasteiger partial charge in [0.2, 0.25) is 5.89 Å². The molecule has 1 atom stereocenters. The molecule has 0 saturated carbocycles. The minimum Gasteiger partial charge on any atom is -0.340 e. The van der Waals surface area contributed by atoms with Crippen LogP contribution in [0.15, 0.2) is 34.9 Å². The molecule has 0 bridgehead atoms. The molecule has 2 aromatic rings. The second-order valence-electron chi connectivity index (χ2n) is 5.01. The Balaban J connectivity index is 1.99. The SMILES string of the molecule is CCN(CC)C(CNCc1noc(C)n1)c1ccccc1. The lowest BCUT2D eigenvalue weighted by molar-refractivity contribution is 0.212. The molecule has 2 rings (SSSR count). The van der Waals surface area contributed by atoms with Crippen molar-refractivity contribution < 1.29 is 4.52 Å². The Labute approximate surface area is 126 Å². The van der Waals surface area contributed by atoms with Crippen LogP contribution in [0.2, 0.25) is 0 Å². The topological polar surface area (TPSA) is 54.2 Å². The third-order valence-corrected chi connectivity index (χ3v) is 3.63. The zero-order valence-corrected chi connectivity index (χ0v) is 13.0. The second kappa shape index (κ2) is 7.90. The van der Waals surface area contributed by atoms with E-state index >= 15 is 0 Å². The number of likely N-dealkylation sites (N-methyl/N-ethyl adjacent to an activating group) is 1. The number of aromatic nitrogens is 2. The minimum absolute atomic E-state index is 0.356. The molecule has 1 N–H and O–H groups in total. The van der Waals surface area contributed by atoms with Gasteiger partial charge in [-0.25, -0.2) is 0 Å². The fourth-order valence-corrected chi connectivity index (χ4v) is 2.53. The van der Waals surface area contributed by atoms with E-state index in [-0.39, 0.29) is 0 Å². The molecule has 1 heterocycles. The molecule has 0 spiro atoms. The third-order valence-electron chi connectivity index (χ3n) is 3.63. The Bertz CT molecular complexity index is 522. The van der Waals surface area contributed by atoms with E-state index in [1.54, 1.807) is 6.92 Å². The fraction of sp³-hybridized carbons (Fsp3) is 0.500. The number of rotatable bonds is 8. The van der Waals surface area contributed by atoms with Crippen LogP contribution in [0.1, 0.15) is 37.2 Å². The molecule has 21 heavy (non-hydrogen) atoms. The predicted octanol–water partition coefficient (Wildman–Crippen LogP) is 2.55. The molecule has 1 unspecified atom stereocenters. The van der Waals surface area contributed by atoms with Crippen LogP contribution in [0, 0.1) is 6.92 Å². The number of hydrogen-bond acceptors (Lipinski definition) is 5. The number of hydrogen-bond donors (Lipinski definition) is 1. The predicted molar refractivity (Wildman–Crippen MR) is 82.8 cm³/mol. The van der Waals surface area contributed by atoms with E-state index in [0.29, 0.717) is 24.3 Å². The summed E-state index contributed by atoms with van der Waals surface area (Å²) in [6.45, 7) is 9.74. The van der Waals surface area contributed by atoms with Gasteiger partial charge in [-0.05, 0) is 18.7 Å². The summed E-state index contributed by atoms with van der Waals surface area (Å²) >= 11 is 0. The second-order valence-corrected chi connectivity index (χ2v) is 5.01. The normalized spacial score (nSPS) is 12.8. The van der Waals surface area contributed by atoms with E-state index < -0.39 is 0 Å². The molecule has 5 nitrogen and oxygen atoms in total. The van der Waals surface area contributed by atoms with Crippen LogP contribution in [-0.2, 0) is 6.54 Å². The highest BCUT2D eigenvalue weighted by Crippen LogP contribution is 2.19. The first-order chi connectivity index (χ1) is 10.2.